The van der Waals surface area contributed by atoms with Crippen molar-refractivity contribution in [2.24, 2.45) is 11.1 Å². The number of nitrogens with two attached hydrogens (primary N) is 1. The number of aromatic nitrogens is 4. The number of rotatable bonds is 6. The van der Waals surface area contributed by atoms with E-state index in [1.54, 1.807) is 37.5 Å². The van der Waals surface area contributed by atoms with Crippen LogP contribution in [0.4, 0.5) is 10.2 Å². The molecule has 0 bridgehead atoms. The fourth-order valence-corrected chi connectivity index (χ4v) is 5.68. The molecule has 2 N–H and O–H groups in total. The van der Waals surface area contributed by atoms with E-state index in [9.17, 15) is 9.18 Å². The Kier molecular flexibility index (Phi) is 7.20. The van der Waals surface area contributed by atoms with Gasteiger partial charge in [0.2, 0.25) is 0 Å². The predicted molar refractivity (Wildman–Crippen MR) is 146 cm³/mol. The quantitative estimate of drug-likeness (QED) is 0.367. The van der Waals surface area contributed by atoms with Crippen LogP contribution in [0, 0.1) is 18.2 Å². The van der Waals surface area contributed by atoms with Crippen LogP contribution in [0.1, 0.15) is 31.2 Å². The van der Waals surface area contributed by atoms with Gasteiger partial charge in [0.1, 0.15) is 22.5 Å². The van der Waals surface area contributed by atoms with E-state index in [2.05, 4.69) is 26.8 Å². The highest BCUT2D eigenvalue weighted by molar-refractivity contribution is 7.99. The van der Waals surface area contributed by atoms with E-state index in [-0.39, 0.29) is 23.3 Å². The van der Waals surface area contributed by atoms with Crippen molar-refractivity contribution in [2.45, 2.75) is 43.2 Å². The zero-order valence-electron chi connectivity index (χ0n) is 20.7. The maximum atomic E-state index is 13.7. The van der Waals surface area contributed by atoms with E-state index in [1.807, 2.05) is 6.07 Å². The zero-order valence-corrected chi connectivity index (χ0v) is 22.3. The zero-order chi connectivity index (χ0) is 26.2. The molecule has 0 unspecified atom stereocenters. The van der Waals surface area contributed by atoms with Crippen molar-refractivity contribution in [2.75, 3.05) is 24.5 Å². The topological polar surface area (TPSA) is 89.9 Å². The molecule has 7 nitrogen and oxygen atoms in total. The molecule has 0 spiro atoms. The van der Waals surface area contributed by atoms with Crippen LogP contribution in [-0.4, -0.2) is 39.2 Å². The Morgan fingerprint density at radius 2 is 1.95 bits per heavy atom. The highest BCUT2D eigenvalue weighted by Gasteiger charge is 2.29. The number of nitrogens with zero attached hydrogens (tertiary/aromatic N) is 5. The van der Waals surface area contributed by atoms with Gasteiger partial charge in [0, 0.05) is 18.0 Å². The summed E-state index contributed by atoms with van der Waals surface area (Å²) in [4.78, 5) is 30.2. The lowest BCUT2D eigenvalue weighted by atomic mass is 9.80. The third kappa shape index (κ3) is 5.35. The van der Waals surface area contributed by atoms with Crippen molar-refractivity contribution in [1.82, 2.24) is 19.5 Å². The molecule has 1 aliphatic heterocycles. The molecule has 0 amide bonds. The van der Waals surface area contributed by atoms with Crippen LogP contribution in [0.25, 0.3) is 10.9 Å². The van der Waals surface area contributed by atoms with E-state index in [1.165, 1.54) is 28.5 Å². The highest BCUT2D eigenvalue weighted by atomic mass is 35.5. The monoisotopic (exact) mass is 538 g/mol. The maximum Gasteiger partial charge on any atom is 0.263 e. The summed E-state index contributed by atoms with van der Waals surface area (Å²) in [6.07, 6.45) is 5.56. The van der Waals surface area contributed by atoms with Gasteiger partial charge in [0.05, 0.1) is 34.9 Å². The standard InChI is InChI=1S/C27H28ClFN6OS/c1-17-33-20-6-7-21(25(28)24(20)26(36)35(17)15-18-4-3-5-19(29)12-18)37-23-14-31-22(13-32-23)34-10-8-27(2,16-30)9-11-34/h3-7,12-14H,8-11,15-16,30H2,1-2H3. The van der Waals surface area contributed by atoms with Gasteiger partial charge in [-0.3, -0.25) is 9.36 Å². The minimum atomic E-state index is -0.352. The fraction of sp³-hybridized carbons (Fsp3) is 0.333. The lowest BCUT2D eigenvalue weighted by Crippen LogP contribution is -2.42. The summed E-state index contributed by atoms with van der Waals surface area (Å²) < 4.78 is 15.2. The SMILES string of the molecule is Cc1nc2ccc(Sc3cnc(N4CCC(C)(CN)CC4)cn3)c(Cl)c2c(=O)n1Cc1cccc(F)c1. The van der Waals surface area contributed by atoms with Crippen LogP contribution in [0.3, 0.4) is 0 Å². The Labute approximate surface area is 223 Å². The van der Waals surface area contributed by atoms with E-state index in [0.29, 0.717) is 43.8 Å². The molecule has 3 heterocycles. The number of anilines is 1. The van der Waals surface area contributed by atoms with Crippen molar-refractivity contribution in [3.63, 3.8) is 0 Å². The van der Waals surface area contributed by atoms with Gasteiger partial charge in [-0.2, -0.15) is 0 Å². The first-order chi connectivity index (χ1) is 17.8. The van der Waals surface area contributed by atoms with Crippen LogP contribution in [-0.2, 0) is 6.54 Å². The second kappa shape index (κ2) is 10.4. The Morgan fingerprint density at radius 1 is 1.16 bits per heavy atom. The third-order valence-electron chi connectivity index (χ3n) is 7.06. The number of fused-ring (bicyclic) bond motifs is 1. The molecule has 2 aromatic heterocycles. The van der Waals surface area contributed by atoms with Crippen LogP contribution in [0.5, 0.6) is 0 Å². The number of piperidine rings is 1. The largest absolute Gasteiger partial charge is 0.355 e. The molecule has 192 valence electrons. The second-order valence-corrected chi connectivity index (χ2v) is 11.2. The predicted octanol–water partition coefficient (Wildman–Crippen LogP) is 5.05. The average molecular weight is 539 g/mol. The van der Waals surface area contributed by atoms with Gasteiger partial charge < -0.3 is 10.6 Å². The molecule has 10 heteroatoms. The minimum Gasteiger partial charge on any atom is -0.355 e. The van der Waals surface area contributed by atoms with Crippen molar-refractivity contribution in [3.05, 3.63) is 81.4 Å². The van der Waals surface area contributed by atoms with Gasteiger partial charge in [0.25, 0.3) is 5.56 Å². The summed E-state index contributed by atoms with van der Waals surface area (Å²) in [5.41, 5.74) is 7.04. The summed E-state index contributed by atoms with van der Waals surface area (Å²) >= 11 is 8.09. The number of hydrogen-bond donors (Lipinski definition) is 1. The lowest BCUT2D eigenvalue weighted by Gasteiger charge is -2.39. The van der Waals surface area contributed by atoms with Crippen LogP contribution < -0.4 is 16.2 Å². The second-order valence-electron chi connectivity index (χ2n) is 9.77. The van der Waals surface area contributed by atoms with Gasteiger partial charge in [0.15, 0.2) is 0 Å². The first kappa shape index (κ1) is 25.6. The molecular formula is C27H28ClFN6OS. The maximum absolute atomic E-state index is 13.7. The number of hydrogen-bond acceptors (Lipinski definition) is 7. The summed E-state index contributed by atoms with van der Waals surface area (Å²) in [5, 5.41) is 1.32. The smallest absolute Gasteiger partial charge is 0.263 e. The molecule has 1 fully saturated rings. The summed E-state index contributed by atoms with van der Waals surface area (Å²) in [5.74, 6) is 1.02. The Morgan fingerprint density at radius 3 is 2.62 bits per heavy atom. The minimum absolute atomic E-state index is 0.190. The molecule has 0 aliphatic carbocycles. The molecule has 2 aromatic carbocycles. The summed E-state index contributed by atoms with van der Waals surface area (Å²) in [7, 11) is 0. The Balaban J connectivity index is 1.39. The van der Waals surface area contributed by atoms with Crippen LogP contribution in [0.15, 0.2) is 63.5 Å². The summed E-state index contributed by atoms with van der Waals surface area (Å²) in [6, 6.07) is 9.80. The Bertz CT molecular complexity index is 1500. The van der Waals surface area contributed by atoms with Crippen LogP contribution in [0.2, 0.25) is 5.02 Å². The third-order valence-corrected chi connectivity index (χ3v) is 8.55. The summed E-state index contributed by atoms with van der Waals surface area (Å²) in [6.45, 7) is 6.69. The fourth-order valence-electron chi connectivity index (χ4n) is 4.56. The lowest BCUT2D eigenvalue weighted by molar-refractivity contribution is 0.258. The number of halogens is 2. The van der Waals surface area contributed by atoms with Gasteiger partial charge >= 0.3 is 0 Å². The van der Waals surface area contributed by atoms with E-state index >= 15 is 0 Å². The van der Waals surface area contributed by atoms with Gasteiger partial charge in [-0.1, -0.05) is 42.4 Å². The highest BCUT2D eigenvalue weighted by Crippen LogP contribution is 2.36. The molecule has 37 heavy (non-hydrogen) atoms. The first-order valence-electron chi connectivity index (χ1n) is 12.2. The average Bonchev–Trinajstić information content (AvgIpc) is 2.89. The van der Waals surface area contributed by atoms with Crippen molar-refractivity contribution in [3.8, 4) is 0 Å². The van der Waals surface area contributed by atoms with Crippen molar-refractivity contribution in [1.29, 1.82) is 0 Å². The number of aryl methyl sites for hydroxylation is 1. The molecule has 1 saturated heterocycles. The molecule has 1 aliphatic rings. The molecule has 5 rings (SSSR count). The normalized spacial score (nSPS) is 15.3. The molecule has 0 radical (unpaired) electrons. The van der Waals surface area contributed by atoms with E-state index in [0.717, 1.165) is 31.7 Å². The Hall–Kier alpha value is -3.01. The van der Waals surface area contributed by atoms with E-state index < -0.39 is 0 Å². The molecule has 4 aromatic rings. The van der Waals surface area contributed by atoms with E-state index in [4.69, 9.17) is 17.3 Å². The van der Waals surface area contributed by atoms with Crippen LogP contribution >= 0.6 is 23.4 Å². The van der Waals surface area contributed by atoms with Gasteiger partial charge in [-0.25, -0.2) is 19.3 Å². The molecule has 0 atom stereocenters. The van der Waals surface area contributed by atoms with Crippen molar-refractivity contribution < 1.29 is 4.39 Å². The molecule has 0 saturated carbocycles. The first-order valence-corrected chi connectivity index (χ1v) is 13.3. The molecular weight excluding hydrogens is 511 g/mol. The van der Waals surface area contributed by atoms with Gasteiger partial charge in [-0.05, 0) is 61.6 Å². The van der Waals surface area contributed by atoms with Gasteiger partial charge in [-0.15, -0.1) is 0 Å². The van der Waals surface area contributed by atoms with Crippen molar-refractivity contribution >= 4 is 40.1 Å². The number of benzene rings is 2.